The molecular formula is C13H20N2O. The van der Waals surface area contributed by atoms with Gasteiger partial charge in [0.25, 0.3) is 0 Å². The average Bonchev–Trinajstić information content (AvgIpc) is 2.38. The zero-order chi connectivity index (χ0) is 11.2. The first-order valence-corrected chi connectivity index (χ1v) is 6.15. The van der Waals surface area contributed by atoms with Crippen LogP contribution < -0.4 is 5.73 Å². The lowest BCUT2D eigenvalue weighted by atomic mass is 9.97. The van der Waals surface area contributed by atoms with Crippen LogP contribution in [0.2, 0.25) is 0 Å². The number of nitrogens with zero attached hydrogens (tertiary/aromatic N) is 1. The predicted octanol–water partition coefficient (Wildman–Crippen LogP) is 2.43. The molecule has 1 saturated carbocycles. The summed E-state index contributed by atoms with van der Waals surface area (Å²) >= 11 is 0. The fourth-order valence-electron chi connectivity index (χ4n) is 2.27. The first-order chi connectivity index (χ1) is 7.90. The molecule has 2 rings (SSSR count). The maximum absolute atomic E-state index is 6.06. The largest absolute Gasteiger partial charge is 0.369 e. The highest BCUT2D eigenvalue weighted by molar-refractivity contribution is 5.12. The highest BCUT2D eigenvalue weighted by atomic mass is 16.5. The summed E-state index contributed by atoms with van der Waals surface area (Å²) in [5.74, 6) is 0. The van der Waals surface area contributed by atoms with Gasteiger partial charge in [-0.2, -0.15) is 0 Å². The summed E-state index contributed by atoms with van der Waals surface area (Å²) in [6, 6.07) is 3.97. The number of nitrogens with two attached hydrogens (primary N) is 1. The lowest BCUT2D eigenvalue weighted by Crippen LogP contribution is -2.24. The van der Waals surface area contributed by atoms with Crippen molar-refractivity contribution in [3.63, 3.8) is 0 Å². The van der Waals surface area contributed by atoms with Crippen LogP contribution in [0.4, 0.5) is 0 Å². The molecule has 2 N–H and O–H groups in total. The molecule has 1 aromatic rings. The van der Waals surface area contributed by atoms with Gasteiger partial charge in [-0.1, -0.05) is 25.3 Å². The smallest absolute Gasteiger partial charge is 0.0965 e. The van der Waals surface area contributed by atoms with E-state index in [2.05, 4.69) is 4.98 Å². The van der Waals surface area contributed by atoms with Gasteiger partial charge in [-0.15, -0.1) is 0 Å². The van der Waals surface area contributed by atoms with E-state index < -0.39 is 0 Å². The molecule has 88 valence electrons. The van der Waals surface area contributed by atoms with Crippen molar-refractivity contribution in [2.75, 3.05) is 6.54 Å². The molecule has 0 amide bonds. The van der Waals surface area contributed by atoms with E-state index in [1.807, 2.05) is 18.3 Å². The molecular weight excluding hydrogens is 200 g/mol. The van der Waals surface area contributed by atoms with Gasteiger partial charge in [0, 0.05) is 24.5 Å². The van der Waals surface area contributed by atoms with Gasteiger partial charge in [0.05, 0.1) is 12.2 Å². The highest BCUT2D eigenvalue weighted by Gasteiger charge is 2.19. The molecule has 0 bridgehead atoms. The Kier molecular flexibility index (Phi) is 4.31. The van der Waals surface area contributed by atoms with Gasteiger partial charge in [0.15, 0.2) is 0 Å². The SMILES string of the molecule is NCC(OC1CCCCC1)c1cccnc1. The van der Waals surface area contributed by atoms with E-state index in [1.165, 1.54) is 32.1 Å². The zero-order valence-corrected chi connectivity index (χ0v) is 9.64. The molecule has 1 heterocycles. The molecule has 0 aromatic carbocycles. The molecule has 1 aliphatic carbocycles. The summed E-state index contributed by atoms with van der Waals surface area (Å²) in [4.78, 5) is 4.11. The van der Waals surface area contributed by atoms with Crippen LogP contribution in [0.3, 0.4) is 0 Å². The van der Waals surface area contributed by atoms with Crippen molar-refractivity contribution in [2.24, 2.45) is 5.73 Å². The first kappa shape index (κ1) is 11.6. The van der Waals surface area contributed by atoms with E-state index in [4.69, 9.17) is 10.5 Å². The molecule has 1 fully saturated rings. The summed E-state index contributed by atoms with van der Waals surface area (Å²) < 4.78 is 6.06. The number of hydrogen-bond acceptors (Lipinski definition) is 3. The number of aromatic nitrogens is 1. The Hall–Kier alpha value is -0.930. The molecule has 0 spiro atoms. The standard InChI is InChI=1S/C13H20N2O/c14-9-13(11-5-4-8-15-10-11)16-12-6-2-1-3-7-12/h4-5,8,10,12-13H,1-3,6-7,9,14H2. The minimum atomic E-state index is 0.0109. The normalized spacial score (nSPS) is 19.6. The Labute approximate surface area is 97.0 Å². The van der Waals surface area contributed by atoms with Gasteiger partial charge in [-0.05, 0) is 18.9 Å². The predicted molar refractivity (Wildman–Crippen MR) is 64.0 cm³/mol. The summed E-state index contributed by atoms with van der Waals surface area (Å²) in [6.45, 7) is 0.530. The summed E-state index contributed by atoms with van der Waals surface area (Å²) in [7, 11) is 0. The average molecular weight is 220 g/mol. The lowest BCUT2D eigenvalue weighted by Gasteiger charge is -2.27. The maximum Gasteiger partial charge on any atom is 0.0965 e. The monoisotopic (exact) mass is 220 g/mol. The van der Waals surface area contributed by atoms with Crippen LogP contribution >= 0.6 is 0 Å². The topological polar surface area (TPSA) is 48.1 Å². The van der Waals surface area contributed by atoms with E-state index >= 15 is 0 Å². The molecule has 1 atom stereocenters. The quantitative estimate of drug-likeness (QED) is 0.847. The summed E-state index contributed by atoms with van der Waals surface area (Å²) in [6.07, 6.45) is 10.3. The number of hydrogen-bond donors (Lipinski definition) is 1. The van der Waals surface area contributed by atoms with Crippen LogP contribution in [0.1, 0.15) is 43.8 Å². The summed E-state index contributed by atoms with van der Waals surface area (Å²) in [5.41, 5.74) is 6.86. The van der Waals surface area contributed by atoms with Crippen LogP contribution in [0, 0.1) is 0 Å². The van der Waals surface area contributed by atoms with E-state index in [0.717, 1.165) is 5.56 Å². The molecule has 0 saturated heterocycles. The van der Waals surface area contributed by atoms with Crippen LogP contribution in [0.5, 0.6) is 0 Å². The lowest BCUT2D eigenvalue weighted by molar-refractivity contribution is -0.0270. The Bertz CT molecular complexity index is 296. The highest BCUT2D eigenvalue weighted by Crippen LogP contribution is 2.26. The van der Waals surface area contributed by atoms with Gasteiger partial charge in [-0.3, -0.25) is 4.98 Å². The van der Waals surface area contributed by atoms with Gasteiger partial charge < -0.3 is 10.5 Å². The Morgan fingerprint density at radius 3 is 2.81 bits per heavy atom. The minimum absolute atomic E-state index is 0.0109. The second-order valence-electron chi connectivity index (χ2n) is 4.41. The van der Waals surface area contributed by atoms with Gasteiger partial charge in [0.1, 0.15) is 0 Å². The zero-order valence-electron chi connectivity index (χ0n) is 9.64. The Balaban J connectivity index is 1.94. The molecule has 0 radical (unpaired) electrons. The van der Waals surface area contributed by atoms with Gasteiger partial charge in [0.2, 0.25) is 0 Å². The van der Waals surface area contributed by atoms with Crippen LogP contribution in [-0.2, 0) is 4.74 Å². The van der Waals surface area contributed by atoms with E-state index in [1.54, 1.807) is 6.20 Å². The first-order valence-electron chi connectivity index (χ1n) is 6.15. The maximum atomic E-state index is 6.06. The van der Waals surface area contributed by atoms with Crippen molar-refractivity contribution in [3.8, 4) is 0 Å². The van der Waals surface area contributed by atoms with E-state index in [0.29, 0.717) is 12.6 Å². The molecule has 16 heavy (non-hydrogen) atoms. The van der Waals surface area contributed by atoms with Crippen molar-refractivity contribution in [1.82, 2.24) is 4.98 Å². The second kappa shape index (κ2) is 5.97. The Morgan fingerprint density at radius 1 is 1.38 bits per heavy atom. The minimum Gasteiger partial charge on any atom is -0.369 e. The fourth-order valence-corrected chi connectivity index (χ4v) is 2.27. The van der Waals surface area contributed by atoms with Gasteiger partial charge >= 0.3 is 0 Å². The third-order valence-corrected chi connectivity index (χ3v) is 3.18. The number of pyridine rings is 1. The third kappa shape index (κ3) is 3.03. The van der Waals surface area contributed by atoms with Crippen LogP contribution in [0.25, 0.3) is 0 Å². The van der Waals surface area contributed by atoms with E-state index in [9.17, 15) is 0 Å². The molecule has 3 nitrogen and oxygen atoms in total. The van der Waals surface area contributed by atoms with Crippen molar-refractivity contribution < 1.29 is 4.74 Å². The molecule has 1 unspecified atom stereocenters. The van der Waals surface area contributed by atoms with Crippen LogP contribution in [0.15, 0.2) is 24.5 Å². The van der Waals surface area contributed by atoms with Crippen molar-refractivity contribution in [1.29, 1.82) is 0 Å². The van der Waals surface area contributed by atoms with Crippen LogP contribution in [-0.4, -0.2) is 17.6 Å². The number of ether oxygens (including phenoxy) is 1. The molecule has 3 heteroatoms. The summed E-state index contributed by atoms with van der Waals surface area (Å²) in [5, 5.41) is 0. The van der Waals surface area contributed by atoms with Gasteiger partial charge in [-0.25, -0.2) is 0 Å². The fraction of sp³-hybridized carbons (Fsp3) is 0.615. The van der Waals surface area contributed by atoms with Crippen molar-refractivity contribution >= 4 is 0 Å². The Morgan fingerprint density at radius 2 is 2.19 bits per heavy atom. The number of rotatable bonds is 4. The second-order valence-corrected chi connectivity index (χ2v) is 4.41. The third-order valence-electron chi connectivity index (χ3n) is 3.18. The molecule has 1 aliphatic rings. The van der Waals surface area contributed by atoms with E-state index in [-0.39, 0.29) is 6.10 Å². The molecule has 0 aliphatic heterocycles. The van der Waals surface area contributed by atoms with Crippen molar-refractivity contribution in [3.05, 3.63) is 30.1 Å². The molecule has 1 aromatic heterocycles. The van der Waals surface area contributed by atoms with Crippen molar-refractivity contribution in [2.45, 2.75) is 44.3 Å².